The van der Waals surface area contributed by atoms with Gasteiger partial charge in [0.25, 0.3) is 5.91 Å². The number of nitrogens with one attached hydrogen (secondary N) is 1. The molecule has 1 aliphatic heterocycles. The molecule has 1 saturated carbocycles. The Morgan fingerprint density at radius 3 is 2.65 bits per heavy atom. The minimum atomic E-state index is -0.217. The van der Waals surface area contributed by atoms with E-state index in [-0.39, 0.29) is 24.3 Å². The Labute approximate surface area is 182 Å². The summed E-state index contributed by atoms with van der Waals surface area (Å²) < 4.78 is 10.6. The Balaban J connectivity index is 1.51. The molecule has 6 heteroatoms. The van der Waals surface area contributed by atoms with Gasteiger partial charge in [0.2, 0.25) is 5.91 Å². The van der Waals surface area contributed by atoms with Crippen molar-refractivity contribution in [3.05, 3.63) is 65.2 Å². The molecule has 4 rings (SSSR count). The van der Waals surface area contributed by atoms with Crippen molar-refractivity contribution in [2.24, 2.45) is 0 Å². The molecule has 1 fully saturated rings. The number of hydrogen-bond donors (Lipinski definition) is 1. The van der Waals surface area contributed by atoms with E-state index in [4.69, 9.17) is 9.47 Å². The number of anilines is 1. The Morgan fingerprint density at radius 2 is 1.90 bits per heavy atom. The van der Waals surface area contributed by atoms with Crippen molar-refractivity contribution < 1.29 is 19.1 Å². The van der Waals surface area contributed by atoms with Crippen LogP contribution in [0.2, 0.25) is 0 Å². The standard InChI is InChI=1S/C25H28N2O4/c1-30-18-12-13-21(23(14-18)31-2)26-24(28)15-20-19-10-6-7-11-22(19)27(25(20)29)16-17-8-4-3-5-9-17/h3-5,8-9,12-14,22H,6-7,10-11,15-16H2,1-2H3,(H,26,28). The Morgan fingerprint density at radius 1 is 1.10 bits per heavy atom. The molecular formula is C25H28N2O4. The van der Waals surface area contributed by atoms with Gasteiger partial charge in [0.15, 0.2) is 0 Å². The van der Waals surface area contributed by atoms with Gasteiger partial charge in [-0.15, -0.1) is 0 Å². The number of benzene rings is 2. The molecule has 6 nitrogen and oxygen atoms in total. The molecule has 2 aromatic carbocycles. The molecule has 1 aliphatic carbocycles. The van der Waals surface area contributed by atoms with Gasteiger partial charge in [-0.2, -0.15) is 0 Å². The summed E-state index contributed by atoms with van der Waals surface area (Å²) in [6.07, 6.45) is 4.09. The molecule has 1 unspecified atom stereocenters. The van der Waals surface area contributed by atoms with Crippen molar-refractivity contribution in [1.82, 2.24) is 4.90 Å². The highest BCUT2D eigenvalue weighted by Crippen LogP contribution is 2.39. The normalized spacial score (nSPS) is 18.1. The molecule has 0 radical (unpaired) electrons. The van der Waals surface area contributed by atoms with Crippen LogP contribution in [0.25, 0.3) is 0 Å². The molecule has 1 N–H and O–H groups in total. The van der Waals surface area contributed by atoms with Gasteiger partial charge in [-0.1, -0.05) is 36.8 Å². The zero-order valence-corrected chi connectivity index (χ0v) is 18.0. The second-order valence-electron chi connectivity index (χ2n) is 7.98. The van der Waals surface area contributed by atoms with E-state index in [9.17, 15) is 9.59 Å². The van der Waals surface area contributed by atoms with Gasteiger partial charge in [0.05, 0.1) is 32.4 Å². The van der Waals surface area contributed by atoms with Crippen LogP contribution in [0.15, 0.2) is 59.7 Å². The third-order valence-corrected chi connectivity index (χ3v) is 6.07. The quantitative estimate of drug-likeness (QED) is 0.725. The highest BCUT2D eigenvalue weighted by Gasteiger charge is 2.40. The lowest BCUT2D eigenvalue weighted by Gasteiger charge is -2.30. The number of hydrogen-bond acceptors (Lipinski definition) is 4. The van der Waals surface area contributed by atoms with Gasteiger partial charge in [-0.3, -0.25) is 9.59 Å². The van der Waals surface area contributed by atoms with Crippen LogP contribution in [0.4, 0.5) is 5.69 Å². The van der Waals surface area contributed by atoms with Gasteiger partial charge < -0.3 is 19.7 Å². The molecule has 0 aromatic heterocycles. The van der Waals surface area contributed by atoms with Crippen molar-refractivity contribution in [2.75, 3.05) is 19.5 Å². The summed E-state index contributed by atoms with van der Waals surface area (Å²) in [4.78, 5) is 28.1. The first-order chi connectivity index (χ1) is 15.1. The predicted octanol–water partition coefficient (Wildman–Crippen LogP) is 4.31. The van der Waals surface area contributed by atoms with Gasteiger partial charge in [0, 0.05) is 18.2 Å². The molecular weight excluding hydrogens is 392 g/mol. The van der Waals surface area contributed by atoms with E-state index in [2.05, 4.69) is 5.32 Å². The molecule has 2 aliphatic rings. The first kappa shape index (κ1) is 21.0. The van der Waals surface area contributed by atoms with E-state index < -0.39 is 0 Å². The van der Waals surface area contributed by atoms with Crippen LogP contribution in [0.5, 0.6) is 11.5 Å². The van der Waals surface area contributed by atoms with Crippen molar-refractivity contribution in [2.45, 2.75) is 44.7 Å². The van der Waals surface area contributed by atoms with Crippen molar-refractivity contribution >= 4 is 17.5 Å². The maximum Gasteiger partial charge on any atom is 0.251 e. The zero-order valence-electron chi connectivity index (χ0n) is 18.0. The number of rotatable bonds is 7. The molecule has 1 atom stereocenters. The van der Waals surface area contributed by atoms with E-state index in [0.717, 1.165) is 36.8 Å². The topological polar surface area (TPSA) is 67.9 Å². The SMILES string of the molecule is COc1ccc(NC(=O)CC2=C3CCCCC3N(Cc3ccccc3)C2=O)c(OC)c1. The lowest BCUT2D eigenvalue weighted by atomic mass is 9.88. The third kappa shape index (κ3) is 4.43. The fourth-order valence-corrected chi connectivity index (χ4v) is 4.55. The summed E-state index contributed by atoms with van der Waals surface area (Å²) in [5.74, 6) is 0.935. The number of carbonyl (C=O) groups is 2. The summed E-state index contributed by atoms with van der Waals surface area (Å²) in [7, 11) is 3.12. The Hall–Kier alpha value is -3.28. The number of methoxy groups -OCH3 is 2. The van der Waals surface area contributed by atoms with Crippen LogP contribution >= 0.6 is 0 Å². The largest absolute Gasteiger partial charge is 0.497 e. The minimum absolute atomic E-state index is 0.0115. The fraction of sp³-hybridized carbons (Fsp3) is 0.360. The summed E-state index contributed by atoms with van der Waals surface area (Å²) in [6.45, 7) is 0.575. The average molecular weight is 421 g/mol. The smallest absolute Gasteiger partial charge is 0.251 e. The van der Waals surface area contributed by atoms with Crippen molar-refractivity contribution in [3.8, 4) is 11.5 Å². The molecule has 31 heavy (non-hydrogen) atoms. The third-order valence-electron chi connectivity index (χ3n) is 6.07. The van der Waals surface area contributed by atoms with Gasteiger partial charge in [-0.25, -0.2) is 0 Å². The second-order valence-corrected chi connectivity index (χ2v) is 7.98. The van der Waals surface area contributed by atoms with E-state index >= 15 is 0 Å². The minimum Gasteiger partial charge on any atom is -0.497 e. The second kappa shape index (κ2) is 9.25. The molecule has 2 aromatic rings. The molecule has 0 saturated heterocycles. The van der Waals surface area contributed by atoms with Crippen LogP contribution in [0.3, 0.4) is 0 Å². The Kier molecular flexibility index (Phi) is 6.26. The Bertz CT molecular complexity index is 1000. The summed E-state index contributed by atoms with van der Waals surface area (Å²) in [6, 6.07) is 15.4. The molecule has 1 heterocycles. The van der Waals surface area contributed by atoms with Crippen LogP contribution in [0, 0.1) is 0 Å². The van der Waals surface area contributed by atoms with Gasteiger partial charge >= 0.3 is 0 Å². The fourth-order valence-electron chi connectivity index (χ4n) is 4.55. The van der Waals surface area contributed by atoms with E-state index in [1.165, 1.54) is 0 Å². The highest BCUT2D eigenvalue weighted by atomic mass is 16.5. The maximum atomic E-state index is 13.3. The zero-order chi connectivity index (χ0) is 21.8. The predicted molar refractivity (Wildman–Crippen MR) is 119 cm³/mol. The van der Waals surface area contributed by atoms with Crippen molar-refractivity contribution in [3.63, 3.8) is 0 Å². The van der Waals surface area contributed by atoms with Gasteiger partial charge in [0.1, 0.15) is 11.5 Å². The van der Waals surface area contributed by atoms with Crippen LogP contribution < -0.4 is 14.8 Å². The highest BCUT2D eigenvalue weighted by molar-refractivity contribution is 6.05. The lowest BCUT2D eigenvalue weighted by molar-refractivity contribution is -0.129. The number of ether oxygens (including phenoxy) is 2. The molecule has 2 amide bonds. The summed E-state index contributed by atoms with van der Waals surface area (Å²) >= 11 is 0. The van der Waals surface area contributed by atoms with Crippen LogP contribution in [-0.2, 0) is 16.1 Å². The first-order valence-corrected chi connectivity index (χ1v) is 10.7. The summed E-state index contributed by atoms with van der Waals surface area (Å²) in [5.41, 5.74) is 3.47. The van der Waals surface area contributed by atoms with Crippen molar-refractivity contribution in [1.29, 1.82) is 0 Å². The number of carbonyl (C=O) groups excluding carboxylic acids is 2. The number of amides is 2. The van der Waals surface area contributed by atoms with E-state index in [1.54, 1.807) is 32.4 Å². The van der Waals surface area contributed by atoms with E-state index in [0.29, 0.717) is 29.3 Å². The lowest BCUT2D eigenvalue weighted by Crippen LogP contribution is -2.36. The number of nitrogens with zero attached hydrogens (tertiary/aromatic N) is 1. The maximum absolute atomic E-state index is 13.3. The van der Waals surface area contributed by atoms with Gasteiger partial charge in [-0.05, 0) is 42.5 Å². The van der Waals surface area contributed by atoms with Crippen LogP contribution in [-0.4, -0.2) is 37.0 Å². The number of fused-ring (bicyclic) bond motifs is 1. The molecule has 0 bridgehead atoms. The monoisotopic (exact) mass is 420 g/mol. The molecule has 162 valence electrons. The van der Waals surface area contributed by atoms with E-state index in [1.807, 2.05) is 35.2 Å². The average Bonchev–Trinajstić information content (AvgIpc) is 3.06. The summed E-state index contributed by atoms with van der Waals surface area (Å²) in [5, 5.41) is 2.90. The van der Waals surface area contributed by atoms with Crippen LogP contribution in [0.1, 0.15) is 37.7 Å². The first-order valence-electron chi connectivity index (χ1n) is 10.7. The molecule has 0 spiro atoms.